The Kier molecular flexibility index (Phi) is 3.30. The average Bonchev–Trinajstić information content (AvgIpc) is 2.83. The highest BCUT2D eigenvalue weighted by atomic mass is 32.2. The number of imide groups is 1. The molecule has 1 aromatic heterocycles. The van der Waals surface area contributed by atoms with E-state index >= 15 is 0 Å². The molecule has 0 atom stereocenters. The predicted octanol–water partition coefficient (Wildman–Crippen LogP) is 1.87. The number of aliphatic carboxylic acids is 1. The summed E-state index contributed by atoms with van der Waals surface area (Å²) in [5.41, 5.74) is 0.829. The molecule has 0 bridgehead atoms. The molecule has 1 aromatic rings. The summed E-state index contributed by atoms with van der Waals surface area (Å²) in [4.78, 5) is 34.6. The van der Waals surface area contributed by atoms with Crippen LogP contribution in [0.2, 0.25) is 0 Å². The molecular formula is C10H7NO4S2. The predicted molar refractivity (Wildman–Crippen MR) is 64.6 cm³/mol. The van der Waals surface area contributed by atoms with Crippen molar-refractivity contribution in [3.05, 3.63) is 27.3 Å². The van der Waals surface area contributed by atoms with Crippen molar-refractivity contribution in [1.29, 1.82) is 0 Å². The maximum Gasteiger partial charge on any atom is 0.323 e. The lowest BCUT2D eigenvalue weighted by atomic mass is 10.3. The van der Waals surface area contributed by atoms with Crippen LogP contribution in [-0.4, -0.2) is 33.7 Å². The van der Waals surface area contributed by atoms with Crippen LogP contribution >= 0.6 is 23.1 Å². The first kappa shape index (κ1) is 11.9. The number of thioether (sulfide) groups is 1. The molecule has 0 unspecified atom stereocenters. The van der Waals surface area contributed by atoms with Crippen molar-refractivity contribution >= 4 is 46.3 Å². The summed E-state index contributed by atoms with van der Waals surface area (Å²) in [6.45, 7) is -0.592. The van der Waals surface area contributed by atoms with Crippen molar-refractivity contribution in [2.45, 2.75) is 0 Å². The fourth-order valence-corrected chi connectivity index (χ4v) is 2.74. The minimum Gasteiger partial charge on any atom is -0.480 e. The van der Waals surface area contributed by atoms with Crippen LogP contribution in [0.1, 0.15) is 5.56 Å². The van der Waals surface area contributed by atoms with Gasteiger partial charge in [-0.15, -0.1) is 0 Å². The minimum absolute atomic E-state index is 0.259. The number of hydrogen-bond donors (Lipinski definition) is 1. The molecule has 1 saturated heterocycles. The van der Waals surface area contributed by atoms with Gasteiger partial charge in [0.2, 0.25) is 0 Å². The SMILES string of the molecule is O=C(O)CN1C(=O)S/C(=C/c2ccsc2)C1=O. The van der Waals surface area contributed by atoms with Crippen molar-refractivity contribution in [2.24, 2.45) is 0 Å². The Hall–Kier alpha value is -1.60. The first-order valence-corrected chi connectivity index (χ1v) is 6.33. The van der Waals surface area contributed by atoms with E-state index in [0.717, 1.165) is 22.2 Å². The highest BCUT2D eigenvalue weighted by Gasteiger charge is 2.36. The van der Waals surface area contributed by atoms with Crippen LogP contribution in [0.5, 0.6) is 0 Å². The topological polar surface area (TPSA) is 74.7 Å². The van der Waals surface area contributed by atoms with Crippen LogP contribution < -0.4 is 0 Å². The van der Waals surface area contributed by atoms with Crippen molar-refractivity contribution in [3.8, 4) is 0 Å². The zero-order valence-electron chi connectivity index (χ0n) is 8.45. The van der Waals surface area contributed by atoms with Gasteiger partial charge in [0.15, 0.2) is 0 Å². The highest BCUT2D eigenvalue weighted by molar-refractivity contribution is 8.18. The van der Waals surface area contributed by atoms with Gasteiger partial charge in [0.1, 0.15) is 6.54 Å². The van der Waals surface area contributed by atoms with E-state index in [-0.39, 0.29) is 4.91 Å². The standard InChI is InChI=1S/C10H7NO4S2/c12-8(13)4-11-9(14)7(17-10(11)15)3-6-1-2-16-5-6/h1-3,5H,4H2,(H,12,13)/b7-3+. The molecule has 1 N–H and O–H groups in total. The quantitative estimate of drug-likeness (QED) is 0.848. The molecule has 0 aromatic carbocycles. The van der Waals surface area contributed by atoms with Gasteiger partial charge >= 0.3 is 5.97 Å². The molecule has 7 heteroatoms. The van der Waals surface area contributed by atoms with E-state index in [1.54, 1.807) is 6.08 Å². The highest BCUT2D eigenvalue weighted by Crippen LogP contribution is 2.32. The lowest BCUT2D eigenvalue weighted by molar-refractivity contribution is -0.140. The molecule has 5 nitrogen and oxygen atoms in total. The Morgan fingerprint density at radius 1 is 1.47 bits per heavy atom. The molecule has 2 heterocycles. The average molecular weight is 269 g/mol. The minimum atomic E-state index is -1.20. The Labute approximate surface area is 105 Å². The van der Waals surface area contributed by atoms with Gasteiger partial charge in [-0.25, -0.2) is 0 Å². The van der Waals surface area contributed by atoms with Gasteiger partial charge in [-0.1, -0.05) is 0 Å². The Morgan fingerprint density at radius 3 is 2.82 bits per heavy atom. The Bertz CT molecular complexity index is 506. The maximum absolute atomic E-state index is 11.7. The second kappa shape index (κ2) is 4.72. The largest absolute Gasteiger partial charge is 0.480 e. The summed E-state index contributed by atoms with van der Waals surface area (Å²) >= 11 is 2.24. The summed E-state index contributed by atoms with van der Waals surface area (Å²) in [7, 11) is 0. The van der Waals surface area contributed by atoms with Crippen molar-refractivity contribution in [1.82, 2.24) is 4.90 Å². The van der Waals surface area contributed by atoms with Gasteiger partial charge in [0.05, 0.1) is 4.91 Å². The molecule has 0 radical (unpaired) electrons. The number of nitrogens with zero attached hydrogens (tertiary/aromatic N) is 1. The first-order valence-electron chi connectivity index (χ1n) is 4.57. The van der Waals surface area contributed by atoms with E-state index in [0.29, 0.717) is 0 Å². The van der Waals surface area contributed by atoms with Gasteiger partial charge in [-0.05, 0) is 40.2 Å². The molecule has 1 fully saturated rings. The van der Waals surface area contributed by atoms with Crippen LogP contribution in [0, 0.1) is 0 Å². The van der Waals surface area contributed by atoms with Gasteiger partial charge < -0.3 is 5.11 Å². The number of carbonyl (C=O) groups excluding carboxylic acids is 2. The normalized spacial score (nSPS) is 18.1. The van der Waals surface area contributed by atoms with Crippen LogP contribution in [0.4, 0.5) is 4.79 Å². The van der Waals surface area contributed by atoms with Gasteiger partial charge in [-0.3, -0.25) is 19.3 Å². The van der Waals surface area contributed by atoms with Crippen molar-refractivity contribution in [3.63, 3.8) is 0 Å². The number of rotatable bonds is 3. The van der Waals surface area contributed by atoms with Crippen molar-refractivity contribution < 1.29 is 19.5 Å². The summed E-state index contributed by atoms with van der Waals surface area (Å²) in [6, 6.07) is 1.82. The smallest absolute Gasteiger partial charge is 0.323 e. The maximum atomic E-state index is 11.7. The number of hydrogen-bond acceptors (Lipinski definition) is 5. The fourth-order valence-electron chi connectivity index (χ4n) is 1.28. The van der Waals surface area contributed by atoms with Crippen LogP contribution in [0.3, 0.4) is 0 Å². The molecule has 2 rings (SSSR count). The molecule has 88 valence electrons. The first-order chi connectivity index (χ1) is 8.08. The number of carbonyl (C=O) groups is 3. The summed E-state index contributed by atoms with van der Waals surface area (Å²) in [5, 5.41) is 11.7. The third-order valence-corrected chi connectivity index (χ3v) is 3.62. The second-order valence-corrected chi connectivity index (χ2v) is 4.99. The van der Waals surface area contributed by atoms with Crippen LogP contribution in [0.25, 0.3) is 6.08 Å². The van der Waals surface area contributed by atoms with E-state index in [9.17, 15) is 14.4 Å². The van der Waals surface area contributed by atoms with E-state index in [2.05, 4.69) is 0 Å². The Balaban J connectivity index is 2.21. The monoisotopic (exact) mass is 269 g/mol. The number of thiophene rings is 1. The van der Waals surface area contributed by atoms with E-state index in [4.69, 9.17) is 5.11 Å². The Morgan fingerprint density at radius 2 is 2.24 bits per heavy atom. The lowest BCUT2D eigenvalue weighted by Gasteiger charge is -2.07. The van der Waals surface area contributed by atoms with Crippen LogP contribution in [-0.2, 0) is 9.59 Å². The summed E-state index contributed by atoms with van der Waals surface area (Å²) in [5.74, 6) is -1.75. The molecule has 1 aliphatic heterocycles. The number of carboxylic acids is 1. The third-order valence-electron chi connectivity index (χ3n) is 2.01. The summed E-state index contributed by atoms with van der Waals surface area (Å²) < 4.78 is 0. The molecule has 17 heavy (non-hydrogen) atoms. The van der Waals surface area contributed by atoms with Gasteiger partial charge in [0.25, 0.3) is 11.1 Å². The zero-order valence-corrected chi connectivity index (χ0v) is 10.1. The van der Waals surface area contributed by atoms with E-state index in [1.807, 2.05) is 16.8 Å². The van der Waals surface area contributed by atoms with E-state index < -0.39 is 23.7 Å². The molecule has 0 aliphatic carbocycles. The van der Waals surface area contributed by atoms with Crippen LogP contribution in [0.15, 0.2) is 21.7 Å². The van der Waals surface area contributed by atoms with Gasteiger partial charge in [0, 0.05) is 0 Å². The second-order valence-electron chi connectivity index (χ2n) is 3.22. The molecule has 2 amide bonds. The zero-order chi connectivity index (χ0) is 12.4. The molecule has 1 aliphatic rings. The third kappa shape index (κ3) is 2.56. The lowest BCUT2D eigenvalue weighted by Crippen LogP contribution is -2.33. The van der Waals surface area contributed by atoms with E-state index in [1.165, 1.54) is 11.3 Å². The number of carboxylic acid groups (broad SMARTS) is 1. The molecular weight excluding hydrogens is 262 g/mol. The van der Waals surface area contributed by atoms with Gasteiger partial charge in [-0.2, -0.15) is 11.3 Å². The summed E-state index contributed by atoms with van der Waals surface area (Å²) in [6.07, 6.45) is 1.59. The molecule has 0 spiro atoms. The van der Waals surface area contributed by atoms with Crippen molar-refractivity contribution in [2.75, 3.05) is 6.54 Å². The molecule has 0 saturated carbocycles. The number of amides is 2. The fraction of sp³-hybridized carbons (Fsp3) is 0.100.